The minimum Gasteiger partial charge on any atom is -0.371 e. The van der Waals surface area contributed by atoms with Gasteiger partial charge in [-0.25, -0.2) is 4.98 Å². The van der Waals surface area contributed by atoms with E-state index in [0.29, 0.717) is 6.54 Å². The van der Waals surface area contributed by atoms with Gasteiger partial charge in [0.1, 0.15) is 10.6 Å². The molecule has 19 heavy (non-hydrogen) atoms. The number of nitrogens with zero attached hydrogens (tertiary/aromatic N) is 1. The lowest BCUT2D eigenvalue weighted by Crippen LogP contribution is -2.35. The summed E-state index contributed by atoms with van der Waals surface area (Å²) in [5.41, 5.74) is 7.87. The molecule has 0 radical (unpaired) electrons. The van der Waals surface area contributed by atoms with E-state index >= 15 is 0 Å². The summed E-state index contributed by atoms with van der Waals surface area (Å²) in [7, 11) is 1.78. The second-order valence-electron chi connectivity index (χ2n) is 4.92. The van der Waals surface area contributed by atoms with Crippen LogP contribution in [0.5, 0.6) is 0 Å². The fourth-order valence-corrected chi connectivity index (χ4v) is 3.83. The number of methoxy groups -OCH3 is 1. The molecule has 4 heteroatoms. The van der Waals surface area contributed by atoms with Crippen LogP contribution in [0.1, 0.15) is 30.0 Å². The number of nitrogens with two attached hydrogens (primary N) is 1. The molecule has 1 heterocycles. The molecule has 1 aromatic heterocycles. The molecule has 0 saturated heterocycles. The normalized spacial score (nSPS) is 17.2. The maximum atomic E-state index is 5.85. The van der Waals surface area contributed by atoms with Crippen molar-refractivity contribution in [1.29, 1.82) is 0 Å². The van der Waals surface area contributed by atoms with Crippen molar-refractivity contribution in [3.63, 3.8) is 0 Å². The molecule has 3 nitrogen and oxygen atoms in total. The number of hydrogen-bond donors (Lipinski definition) is 1. The van der Waals surface area contributed by atoms with Gasteiger partial charge in [-0.2, -0.15) is 0 Å². The van der Waals surface area contributed by atoms with Gasteiger partial charge in [-0.1, -0.05) is 30.3 Å². The van der Waals surface area contributed by atoms with Crippen molar-refractivity contribution < 1.29 is 4.74 Å². The first-order chi connectivity index (χ1) is 9.29. The quantitative estimate of drug-likeness (QED) is 0.930. The Bertz CT molecular complexity index is 555. The van der Waals surface area contributed by atoms with E-state index in [4.69, 9.17) is 15.5 Å². The Morgan fingerprint density at radius 3 is 2.58 bits per heavy atom. The maximum Gasteiger partial charge on any atom is 0.126 e. The van der Waals surface area contributed by atoms with Gasteiger partial charge in [0.2, 0.25) is 0 Å². The van der Waals surface area contributed by atoms with E-state index in [2.05, 4.69) is 12.1 Å². The summed E-state index contributed by atoms with van der Waals surface area (Å²) in [6.45, 7) is 0.473. The zero-order valence-electron chi connectivity index (χ0n) is 11.1. The smallest absolute Gasteiger partial charge is 0.126 e. The Kier molecular flexibility index (Phi) is 3.39. The third-order valence-electron chi connectivity index (χ3n) is 3.87. The van der Waals surface area contributed by atoms with Crippen LogP contribution < -0.4 is 5.73 Å². The molecule has 1 aliphatic carbocycles. The average molecular weight is 274 g/mol. The largest absolute Gasteiger partial charge is 0.371 e. The first kappa shape index (κ1) is 12.8. The summed E-state index contributed by atoms with van der Waals surface area (Å²) in [6, 6.07) is 10.3. The van der Waals surface area contributed by atoms with Crippen LogP contribution >= 0.6 is 11.3 Å². The van der Waals surface area contributed by atoms with Crippen LogP contribution in [0.4, 0.5) is 0 Å². The lowest BCUT2D eigenvalue weighted by molar-refractivity contribution is -0.0780. The minimum atomic E-state index is -0.151. The van der Waals surface area contributed by atoms with Gasteiger partial charge in [0.25, 0.3) is 0 Å². The van der Waals surface area contributed by atoms with E-state index in [1.54, 1.807) is 18.4 Å². The number of benzene rings is 1. The Balaban J connectivity index is 2.04. The Labute approximate surface area is 117 Å². The molecular weight excluding hydrogens is 256 g/mol. The van der Waals surface area contributed by atoms with Gasteiger partial charge in [0.05, 0.1) is 10.6 Å². The summed E-state index contributed by atoms with van der Waals surface area (Å²) in [4.78, 5) is 5.92. The van der Waals surface area contributed by atoms with E-state index < -0.39 is 0 Å². The molecular formula is C15H18N2OS. The molecule has 1 fully saturated rings. The molecule has 1 aromatic carbocycles. The molecule has 1 saturated carbocycles. The minimum absolute atomic E-state index is 0.151. The molecule has 2 aromatic rings. The fourth-order valence-electron chi connectivity index (χ4n) is 2.50. The van der Waals surface area contributed by atoms with Crippen molar-refractivity contribution in [2.45, 2.75) is 31.4 Å². The van der Waals surface area contributed by atoms with E-state index in [9.17, 15) is 0 Å². The van der Waals surface area contributed by atoms with Crippen LogP contribution in [0.2, 0.25) is 0 Å². The highest BCUT2D eigenvalue weighted by Crippen LogP contribution is 2.47. The molecule has 1 aliphatic rings. The van der Waals surface area contributed by atoms with Crippen molar-refractivity contribution in [1.82, 2.24) is 4.98 Å². The summed E-state index contributed by atoms with van der Waals surface area (Å²) >= 11 is 1.73. The monoisotopic (exact) mass is 274 g/mol. The van der Waals surface area contributed by atoms with Crippen LogP contribution in [0.15, 0.2) is 30.3 Å². The van der Waals surface area contributed by atoms with Gasteiger partial charge in [0.15, 0.2) is 0 Å². The van der Waals surface area contributed by atoms with Gasteiger partial charge in [-0.3, -0.25) is 0 Å². The highest BCUT2D eigenvalue weighted by atomic mass is 32.1. The predicted octanol–water partition coefficient (Wildman–Crippen LogP) is 3.29. The molecule has 3 rings (SSSR count). The average Bonchev–Trinajstić information content (AvgIpc) is 2.84. The predicted molar refractivity (Wildman–Crippen MR) is 78.0 cm³/mol. The fraction of sp³-hybridized carbons (Fsp3) is 0.400. The summed E-state index contributed by atoms with van der Waals surface area (Å²) < 4.78 is 5.72. The van der Waals surface area contributed by atoms with Crippen molar-refractivity contribution in [2.24, 2.45) is 5.73 Å². The standard InChI is InChI=1S/C15H18N2OS/c1-18-15(8-5-9-15)14-17-12(10-16)13(19-14)11-6-3-2-4-7-11/h2-4,6-7H,5,8-10,16H2,1H3. The third kappa shape index (κ3) is 2.10. The van der Waals surface area contributed by atoms with Crippen LogP contribution in [-0.4, -0.2) is 12.1 Å². The molecule has 0 atom stereocenters. The van der Waals surface area contributed by atoms with Gasteiger partial charge >= 0.3 is 0 Å². The van der Waals surface area contributed by atoms with Crippen molar-refractivity contribution in [2.75, 3.05) is 7.11 Å². The zero-order valence-corrected chi connectivity index (χ0v) is 11.9. The Morgan fingerprint density at radius 2 is 2.05 bits per heavy atom. The summed E-state index contributed by atoms with van der Waals surface area (Å²) in [6.07, 6.45) is 3.34. The van der Waals surface area contributed by atoms with Crippen molar-refractivity contribution >= 4 is 11.3 Å². The van der Waals surface area contributed by atoms with Crippen LogP contribution in [-0.2, 0) is 16.9 Å². The lowest BCUT2D eigenvalue weighted by Gasteiger charge is -2.38. The molecule has 0 unspecified atom stereocenters. The highest BCUT2D eigenvalue weighted by molar-refractivity contribution is 7.15. The molecule has 0 bridgehead atoms. The third-order valence-corrected chi connectivity index (χ3v) is 5.20. The van der Waals surface area contributed by atoms with Crippen molar-refractivity contribution in [3.05, 3.63) is 41.0 Å². The first-order valence-electron chi connectivity index (χ1n) is 6.60. The van der Waals surface area contributed by atoms with Gasteiger partial charge in [-0.05, 0) is 24.8 Å². The van der Waals surface area contributed by atoms with Gasteiger partial charge in [-0.15, -0.1) is 11.3 Å². The number of rotatable bonds is 4. The van der Waals surface area contributed by atoms with Crippen LogP contribution in [0, 0.1) is 0 Å². The summed E-state index contributed by atoms with van der Waals surface area (Å²) in [5.74, 6) is 0. The molecule has 0 aliphatic heterocycles. The second-order valence-corrected chi connectivity index (χ2v) is 5.92. The van der Waals surface area contributed by atoms with E-state index in [0.717, 1.165) is 23.5 Å². The first-order valence-corrected chi connectivity index (χ1v) is 7.41. The number of hydrogen-bond acceptors (Lipinski definition) is 4. The SMILES string of the molecule is COC1(c2nc(CN)c(-c3ccccc3)s2)CCC1. The maximum absolute atomic E-state index is 5.85. The highest BCUT2D eigenvalue weighted by Gasteiger charge is 2.42. The Morgan fingerprint density at radius 1 is 1.32 bits per heavy atom. The Hall–Kier alpha value is -1.23. The number of aromatic nitrogens is 1. The zero-order chi connectivity index (χ0) is 13.3. The van der Waals surface area contributed by atoms with Crippen molar-refractivity contribution in [3.8, 4) is 10.4 Å². The number of ether oxygens (including phenoxy) is 1. The van der Waals surface area contributed by atoms with Crippen LogP contribution in [0.3, 0.4) is 0 Å². The number of thiazole rings is 1. The van der Waals surface area contributed by atoms with E-state index in [-0.39, 0.29) is 5.60 Å². The van der Waals surface area contributed by atoms with Gasteiger partial charge < -0.3 is 10.5 Å². The molecule has 2 N–H and O–H groups in total. The van der Waals surface area contributed by atoms with E-state index in [1.165, 1.54) is 16.9 Å². The molecule has 0 spiro atoms. The van der Waals surface area contributed by atoms with E-state index in [1.807, 2.05) is 18.2 Å². The molecule has 100 valence electrons. The summed E-state index contributed by atoms with van der Waals surface area (Å²) in [5, 5.41) is 1.08. The topological polar surface area (TPSA) is 48.1 Å². The second kappa shape index (κ2) is 5.04. The van der Waals surface area contributed by atoms with Crippen LogP contribution in [0.25, 0.3) is 10.4 Å². The molecule has 0 amide bonds. The van der Waals surface area contributed by atoms with Gasteiger partial charge in [0, 0.05) is 13.7 Å². The lowest BCUT2D eigenvalue weighted by atomic mass is 9.80.